The lowest BCUT2D eigenvalue weighted by molar-refractivity contribution is 0.0711. The van der Waals surface area contributed by atoms with Crippen molar-refractivity contribution >= 4 is 27.1 Å². The number of nitrogens with one attached hydrogen (secondary N) is 2. The van der Waals surface area contributed by atoms with E-state index in [1.807, 2.05) is 24.4 Å². The van der Waals surface area contributed by atoms with Crippen LogP contribution in [0.3, 0.4) is 0 Å². The van der Waals surface area contributed by atoms with Gasteiger partial charge in [-0.05, 0) is 25.3 Å². The summed E-state index contributed by atoms with van der Waals surface area (Å²) in [6.45, 7) is 7.37. The Balaban J connectivity index is 1.82. The van der Waals surface area contributed by atoms with Gasteiger partial charge in [0.15, 0.2) is 15.8 Å². The molecule has 1 aromatic rings. The van der Waals surface area contributed by atoms with Gasteiger partial charge in [-0.1, -0.05) is 6.07 Å². The lowest BCUT2D eigenvalue weighted by Crippen LogP contribution is -2.46. The van der Waals surface area contributed by atoms with Crippen molar-refractivity contribution in [3.8, 4) is 0 Å². The lowest BCUT2D eigenvalue weighted by atomic mass is 10.1. The smallest absolute Gasteiger partial charge is 0.191 e. The highest BCUT2D eigenvalue weighted by Crippen LogP contribution is 2.25. The zero-order valence-electron chi connectivity index (χ0n) is 14.9. The Hall–Kier alpha value is -1.16. The van der Waals surface area contributed by atoms with Gasteiger partial charge >= 0.3 is 0 Å². The standard InChI is InChI=1S/C16H28N4O3S2/c1-3-17-15(19-13-16(2,21)14-5-4-10-24-14)18-6-7-20-8-11-25(22,23)12-9-20/h4-5,10,21H,3,6-9,11-13H2,1-2H3,(H2,17,18,19). The third-order valence-corrected chi connectivity index (χ3v) is 6.83. The van der Waals surface area contributed by atoms with Crippen molar-refractivity contribution in [1.82, 2.24) is 15.5 Å². The second-order valence-electron chi connectivity index (χ2n) is 6.37. The molecule has 0 spiro atoms. The highest BCUT2D eigenvalue weighted by Gasteiger charge is 2.24. The average Bonchev–Trinajstić information content (AvgIpc) is 3.09. The number of aliphatic hydroxyl groups is 1. The second kappa shape index (κ2) is 8.98. The summed E-state index contributed by atoms with van der Waals surface area (Å²) in [4.78, 5) is 7.51. The Bertz CT molecular complexity index is 643. The van der Waals surface area contributed by atoms with Gasteiger partial charge in [0.25, 0.3) is 0 Å². The van der Waals surface area contributed by atoms with Crippen molar-refractivity contribution in [2.45, 2.75) is 19.4 Å². The van der Waals surface area contributed by atoms with Crippen LogP contribution in [0.25, 0.3) is 0 Å². The van der Waals surface area contributed by atoms with E-state index in [0.29, 0.717) is 25.6 Å². The van der Waals surface area contributed by atoms with Crippen molar-refractivity contribution in [3.63, 3.8) is 0 Å². The SMILES string of the molecule is CCNC(=NCC(C)(O)c1cccs1)NCCN1CCS(=O)(=O)CC1. The summed E-state index contributed by atoms with van der Waals surface area (Å²) in [6.07, 6.45) is 0. The van der Waals surface area contributed by atoms with Crippen LogP contribution in [-0.2, 0) is 15.4 Å². The van der Waals surface area contributed by atoms with Gasteiger partial charge in [0.1, 0.15) is 5.60 Å². The van der Waals surface area contributed by atoms with Gasteiger partial charge in [0, 0.05) is 37.6 Å². The maximum atomic E-state index is 11.4. The minimum absolute atomic E-state index is 0.241. The molecule has 1 fully saturated rings. The maximum Gasteiger partial charge on any atom is 0.191 e. The summed E-state index contributed by atoms with van der Waals surface area (Å²) in [6, 6.07) is 3.82. The fraction of sp³-hybridized carbons (Fsp3) is 0.688. The van der Waals surface area contributed by atoms with Crippen LogP contribution < -0.4 is 10.6 Å². The van der Waals surface area contributed by atoms with Crippen molar-refractivity contribution in [2.75, 3.05) is 50.8 Å². The van der Waals surface area contributed by atoms with Gasteiger partial charge in [0.2, 0.25) is 0 Å². The number of nitrogens with zero attached hydrogens (tertiary/aromatic N) is 2. The van der Waals surface area contributed by atoms with E-state index >= 15 is 0 Å². The van der Waals surface area contributed by atoms with Gasteiger partial charge in [-0.3, -0.25) is 4.90 Å². The summed E-state index contributed by atoms with van der Waals surface area (Å²) in [5, 5.41) is 18.9. The predicted octanol–water partition coefficient (Wildman–Crippen LogP) is 0.241. The van der Waals surface area contributed by atoms with Gasteiger partial charge < -0.3 is 15.7 Å². The summed E-state index contributed by atoms with van der Waals surface area (Å²) in [7, 11) is -2.84. The van der Waals surface area contributed by atoms with E-state index in [2.05, 4.69) is 20.5 Å². The van der Waals surface area contributed by atoms with Crippen LogP contribution >= 0.6 is 11.3 Å². The van der Waals surface area contributed by atoms with Gasteiger partial charge in [0.05, 0.1) is 18.1 Å². The first-order valence-corrected chi connectivity index (χ1v) is 11.2. The summed E-state index contributed by atoms with van der Waals surface area (Å²) in [5.74, 6) is 1.14. The molecule has 1 saturated heterocycles. The lowest BCUT2D eigenvalue weighted by Gasteiger charge is -2.27. The first kappa shape index (κ1) is 20.2. The van der Waals surface area contributed by atoms with Crippen LogP contribution in [0.4, 0.5) is 0 Å². The number of hydrogen-bond acceptors (Lipinski definition) is 6. The molecule has 9 heteroatoms. The van der Waals surface area contributed by atoms with Crippen LogP contribution in [-0.4, -0.2) is 75.2 Å². The van der Waals surface area contributed by atoms with Crippen LogP contribution in [0.2, 0.25) is 0 Å². The Morgan fingerprint density at radius 3 is 2.72 bits per heavy atom. The van der Waals surface area contributed by atoms with Crippen molar-refractivity contribution in [3.05, 3.63) is 22.4 Å². The second-order valence-corrected chi connectivity index (χ2v) is 9.62. The van der Waals surface area contributed by atoms with E-state index in [1.165, 1.54) is 11.3 Å². The van der Waals surface area contributed by atoms with E-state index in [9.17, 15) is 13.5 Å². The molecule has 142 valence electrons. The molecule has 0 amide bonds. The van der Waals surface area contributed by atoms with Gasteiger partial charge in [-0.15, -0.1) is 11.3 Å². The largest absolute Gasteiger partial charge is 0.383 e. The minimum atomic E-state index is -2.84. The number of guanidine groups is 1. The third-order valence-electron chi connectivity index (χ3n) is 4.10. The molecule has 3 N–H and O–H groups in total. The summed E-state index contributed by atoms with van der Waals surface area (Å²) in [5.41, 5.74) is -0.988. The van der Waals surface area contributed by atoms with E-state index in [4.69, 9.17) is 0 Å². The molecule has 0 saturated carbocycles. The number of aliphatic imine (C=N–C) groups is 1. The van der Waals surface area contributed by atoms with Crippen molar-refractivity contribution in [1.29, 1.82) is 0 Å². The normalized spacial score (nSPS) is 20.8. The number of sulfone groups is 1. The molecular weight excluding hydrogens is 360 g/mol. The molecule has 0 aliphatic carbocycles. The Morgan fingerprint density at radius 2 is 2.12 bits per heavy atom. The van der Waals surface area contributed by atoms with Crippen molar-refractivity contribution in [2.24, 2.45) is 4.99 Å². The first-order chi connectivity index (χ1) is 11.8. The minimum Gasteiger partial charge on any atom is -0.383 e. The molecule has 0 radical (unpaired) electrons. The Kier molecular flexibility index (Phi) is 7.24. The Labute approximate surface area is 154 Å². The molecule has 25 heavy (non-hydrogen) atoms. The number of hydrogen-bond donors (Lipinski definition) is 3. The molecule has 0 bridgehead atoms. The third kappa shape index (κ3) is 6.58. The molecule has 1 aromatic heterocycles. The van der Waals surface area contributed by atoms with Crippen LogP contribution in [0.5, 0.6) is 0 Å². The van der Waals surface area contributed by atoms with Gasteiger partial charge in [-0.25, -0.2) is 13.4 Å². The topological polar surface area (TPSA) is 94.0 Å². The molecule has 2 rings (SSSR count). The van der Waals surface area contributed by atoms with Crippen LogP contribution in [0.1, 0.15) is 18.7 Å². The van der Waals surface area contributed by atoms with E-state index in [-0.39, 0.29) is 18.1 Å². The molecule has 7 nitrogen and oxygen atoms in total. The molecule has 1 aliphatic heterocycles. The van der Waals surface area contributed by atoms with Crippen LogP contribution in [0.15, 0.2) is 22.5 Å². The van der Waals surface area contributed by atoms with Crippen LogP contribution in [0, 0.1) is 0 Å². The highest BCUT2D eigenvalue weighted by atomic mass is 32.2. The first-order valence-electron chi connectivity index (χ1n) is 8.54. The van der Waals surface area contributed by atoms with E-state index in [0.717, 1.165) is 18.0 Å². The Morgan fingerprint density at radius 1 is 1.40 bits per heavy atom. The highest BCUT2D eigenvalue weighted by molar-refractivity contribution is 7.91. The van der Waals surface area contributed by atoms with Gasteiger partial charge in [-0.2, -0.15) is 0 Å². The molecule has 2 heterocycles. The molecule has 1 unspecified atom stereocenters. The molecular formula is C16H28N4O3S2. The fourth-order valence-electron chi connectivity index (χ4n) is 2.54. The zero-order chi connectivity index (χ0) is 18.3. The average molecular weight is 389 g/mol. The quantitative estimate of drug-likeness (QED) is 0.458. The van der Waals surface area contributed by atoms with E-state index in [1.54, 1.807) is 6.92 Å². The maximum absolute atomic E-state index is 11.4. The fourth-order valence-corrected chi connectivity index (χ4v) is 4.60. The summed E-state index contributed by atoms with van der Waals surface area (Å²) < 4.78 is 22.9. The summed E-state index contributed by atoms with van der Waals surface area (Å²) >= 11 is 1.52. The molecule has 1 aliphatic rings. The number of thiophene rings is 1. The number of rotatable bonds is 7. The molecule has 0 aromatic carbocycles. The zero-order valence-corrected chi connectivity index (χ0v) is 16.5. The molecule has 1 atom stereocenters. The predicted molar refractivity (Wildman–Crippen MR) is 103 cm³/mol. The van der Waals surface area contributed by atoms with E-state index < -0.39 is 15.4 Å². The monoisotopic (exact) mass is 388 g/mol. The van der Waals surface area contributed by atoms with Crippen molar-refractivity contribution < 1.29 is 13.5 Å².